The Labute approximate surface area is 263 Å². The molecule has 0 N–H and O–H groups in total. The Bertz CT molecular complexity index is 1460. The second kappa shape index (κ2) is 13.1. The quantitative estimate of drug-likeness (QED) is 0.166. The summed E-state index contributed by atoms with van der Waals surface area (Å²) in [6.07, 6.45) is 4.87. The maximum Gasteiger partial charge on any atom is 1.00 e. The summed E-state index contributed by atoms with van der Waals surface area (Å²) in [5.74, 6) is 0.780. The third kappa shape index (κ3) is 5.79. The molecule has 0 saturated heterocycles. The summed E-state index contributed by atoms with van der Waals surface area (Å²) < 4.78 is 7.46. The van der Waals surface area contributed by atoms with E-state index < -0.39 is 0 Å². The molecule has 0 bridgehead atoms. The maximum absolute atomic E-state index is 8.92. The van der Waals surface area contributed by atoms with Gasteiger partial charge in [0, 0.05) is 26.8 Å². The van der Waals surface area contributed by atoms with Crippen LogP contribution in [0.1, 0.15) is 6.42 Å². The van der Waals surface area contributed by atoms with Crippen molar-refractivity contribution < 1.29 is 29.6 Å². The van der Waals surface area contributed by atoms with E-state index in [4.69, 9.17) is 17.9 Å². The molecule has 0 amide bonds. The van der Waals surface area contributed by atoms with Gasteiger partial charge in [-0.2, -0.15) is 5.26 Å². The van der Waals surface area contributed by atoms with Crippen LogP contribution >= 0.6 is 82.3 Å². The van der Waals surface area contributed by atoms with Crippen molar-refractivity contribution >= 4 is 125 Å². The smallest absolute Gasteiger partial charge is 0.771 e. The van der Waals surface area contributed by atoms with Gasteiger partial charge >= 0.3 is 29.6 Å². The normalized spacial score (nSPS) is 15.9. The second-order valence-electron chi connectivity index (χ2n) is 7.14. The van der Waals surface area contributed by atoms with E-state index in [0.29, 0.717) is 6.42 Å². The first-order chi connectivity index (χ1) is 16.7. The minimum absolute atomic E-state index is 0. The van der Waals surface area contributed by atoms with Crippen LogP contribution in [-0.2, 0) is 12.6 Å². The first-order valence-corrected chi connectivity index (χ1v) is 17.4. The molecule has 35 heavy (non-hydrogen) atoms. The molecule has 0 fully saturated rings. The number of hydrogen-bond donors (Lipinski definition) is 0. The van der Waals surface area contributed by atoms with Gasteiger partial charge in [0.2, 0.25) is 0 Å². The van der Waals surface area contributed by atoms with E-state index in [-0.39, 0.29) is 29.6 Å². The molecule has 10 heteroatoms. The average Bonchev–Trinajstić information content (AvgIpc) is 3.45. The van der Waals surface area contributed by atoms with Crippen LogP contribution in [-0.4, -0.2) is 18.3 Å². The van der Waals surface area contributed by atoms with Crippen LogP contribution in [0.2, 0.25) is 0 Å². The Morgan fingerprint density at radius 1 is 0.743 bits per heavy atom. The number of nitrogens with zero attached hydrogens (tertiary/aromatic N) is 1. The van der Waals surface area contributed by atoms with Gasteiger partial charge in [-0.3, -0.25) is 0 Å². The van der Waals surface area contributed by atoms with Crippen molar-refractivity contribution in [1.29, 1.82) is 5.26 Å². The van der Waals surface area contributed by atoms with Crippen molar-refractivity contribution in [2.24, 2.45) is 0 Å². The summed E-state index contributed by atoms with van der Waals surface area (Å²) >= 11 is 18.4. The van der Waals surface area contributed by atoms with Crippen molar-refractivity contribution in [1.82, 2.24) is 0 Å². The topological polar surface area (TPSA) is 23.8 Å². The zero-order valence-electron chi connectivity index (χ0n) is 19.2. The minimum Gasteiger partial charge on any atom is -0.771 e. The Balaban J connectivity index is 0.00000289. The van der Waals surface area contributed by atoms with Gasteiger partial charge in [0.15, 0.2) is 0 Å². The predicted molar refractivity (Wildman–Crippen MR) is 169 cm³/mol. The van der Waals surface area contributed by atoms with Gasteiger partial charge in [-0.25, -0.2) is 0 Å². The molecule has 0 aromatic heterocycles. The summed E-state index contributed by atoms with van der Waals surface area (Å²) in [7, 11) is 0. The van der Waals surface area contributed by atoms with E-state index in [2.05, 4.69) is 67.1 Å². The summed E-state index contributed by atoms with van der Waals surface area (Å²) in [5.41, 5.74) is 0. The molecule has 5 rings (SSSR count). The van der Waals surface area contributed by atoms with Crippen LogP contribution in [0.15, 0.2) is 65.5 Å². The van der Waals surface area contributed by atoms with Crippen molar-refractivity contribution in [2.75, 3.05) is 18.3 Å². The first-order valence-electron chi connectivity index (χ1n) is 10.3. The van der Waals surface area contributed by atoms with Crippen molar-refractivity contribution in [3.05, 3.63) is 75.9 Å². The second-order valence-corrected chi connectivity index (χ2v) is 15.9. The molecule has 0 atom stereocenters. The number of benzene rings is 3. The molecular formula is C25H18NNaS8. The zero-order valence-corrected chi connectivity index (χ0v) is 27.8. The van der Waals surface area contributed by atoms with E-state index in [1.54, 1.807) is 35.3 Å². The first kappa shape index (κ1) is 28.6. The predicted octanol–water partition coefficient (Wildman–Crippen LogP) is 5.26. The third-order valence-electron chi connectivity index (χ3n) is 5.23. The van der Waals surface area contributed by atoms with E-state index in [1.807, 2.05) is 47.0 Å². The number of hydrogen-bond acceptors (Lipinski definition) is 9. The van der Waals surface area contributed by atoms with Gasteiger partial charge in [-0.15, -0.1) is 51.3 Å². The molecule has 1 nitrogen and oxygen atoms in total. The molecule has 3 aromatic carbocycles. The van der Waals surface area contributed by atoms with E-state index in [1.165, 1.54) is 48.9 Å². The fourth-order valence-corrected chi connectivity index (χ4v) is 13.4. The Morgan fingerprint density at radius 3 is 1.60 bits per heavy atom. The van der Waals surface area contributed by atoms with Gasteiger partial charge in [-0.1, -0.05) is 83.8 Å². The van der Waals surface area contributed by atoms with Crippen LogP contribution in [0.5, 0.6) is 0 Å². The van der Waals surface area contributed by atoms with Crippen LogP contribution in [0, 0.1) is 11.3 Å². The van der Waals surface area contributed by atoms with E-state index >= 15 is 0 Å². The van der Waals surface area contributed by atoms with E-state index in [9.17, 15) is 0 Å². The third-order valence-corrected chi connectivity index (χ3v) is 15.0. The minimum atomic E-state index is 0. The van der Waals surface area contributed by atoms with Crippen LogP contribution in [0.3, 0.4) is 0 Å². The monoisotopic (exact) mass is 611 g/mol. The molecule has 2 aliphatic rings. The van der Waals surface area contributed by atoms with Crippen LogP contribution in [0.4, 0.5) is 0 Å². The molecular weight excluding hydrogens is 594 g/mol. The molecule has 2 heterocycles. The number of fused-ring (bicyclic) bond motifs is 2. The van der Waals surface area contributed by atoms with Crippen molar-refractivity contribution in [2.45, 2.75) is 6.42 Å². The standard InChI is InChI=1S/C25H19NS8.Na/c1-28-24-25(29-2)34-22(33-24)19-16-10-5-3-8-14(16)18(15-9-4-6-11-17(15)19)21-31-20(27)23(32-21)30-13-7-12-26;/h3-6,8-11,27H,7,13H2,1-2H3;/q;+1/p-1. The fraction of sp³-hybridized carbons (Fsp3) is 0.160. The molecule has 0 saturated carbocycles. The Hall–Kier alpha value is 0.560. The molecule has 3 aromatic rings. The number of nitriles is 1. The summed E-state index contributed by atoms with van der Waals surface area (Å²) in [6, 6.07) is 19.8. The SMILES string of the molecule is CSC1=C(SC)SC(=c2c3ccccc3c(=C3SC([S-])=C(SCCC#N)S3)c3ccccc23)S1.[Na+]. The molecule has 0 aliphatic carbocycles. The Morgan fingerprint density at radius 2 is 1.17 bits per heavy atom. The number of thioether (sulfide) groups is 7. The zero-order chi connectivity index (χ0) is 23.7. The Kier molecular flexibility index (Phi) is 10.7. The molecule has 0 radical (unpaired) electrons. The van der Waals surface area contributed by atoms with Crippen LogP contribution in [0.25, 0.3) is 30.0 Å². The fourth-order valence-electron chi connectivity index (χ4n) is 3.85. The van der Waals surface area contributed by atoms with Gasteiger partial charge < -0.3 is 12.6 Å². The van der Waals surface area contributed by atoms with Gasteiger partial charge in [0.05, 0.1) is 23.0 Å². The molecule has 172 valence electrons. The summed E-state index contributed by atoms with van der Waals surface area (Å²) in [4.78, 5) is 0. The molecule has 0 spiro atoms. The largest absolute Gasteiger partial charge is 1.00 e. The van der Waals surface area contributed by atoms with Crippen LogP contribution < -0.4 is 40.0 Å². The van der Waals surface area contributed by atoms with Gasteiger partial charge in [0.25, 0.3) is 0 Å². The van der Waals surface area contributed by atoms with Gasteiger partial charge in [0.1, 0.15) is 0 Å². The van der Waals surface area contributed by atoms with Crippen molar-refractivity contribution in [3.63, 3.8) is 0 Å². The van der Waals surface area contributed by atoms with Gasteiger partial charge in [-0.05, 0) is 34.1 Å². The maximum atomic E-state index is 8.92. The average molecular weight is 612 g/mol. The van der Waals surface area contributed by atoms with Crippen molar-refractivity contribution in [3.8, 4) is 6.07 Å². The number of rotatable bonds is 5. The molecule has 0 unspecified atom stereocenters. The summed E-state index contributed by atoms with van der Waals surface area (Å²) in [5, 5.41) is 16.7. The van der Waals surface area contributed by atoms with E-state index in [0.717, 1.165) is 14.2 Å². The summed E-state index contributed by atoms with van der Waals surface area (Å²) in [6.45, 7) is 0. The molecule has 2 aliphatic heterocycles.